The Kier molecular flexibility index (Phi) is 6.14. The zero-order valence-electron chi connectivity index (χ0n) is 15.6. The molecule has 2 aliphatic rings. The SMILES string of the molecule is CCOC1CCC(C2CCC(c3ccc(CC)cc3)CC2)CC1(F)F. The summed E-state index contributed by atoms with van der Waals surface area (Å²) in [5.74, 6) is -1.39. The summed E-state index contributed by atoms with van der Waals surface area (Å²) in [5.41, 5.74) is 2.81. The second kappa shape index (κ2) is 8.16. The van der Waals surface area contributed by atoms with Crippen molar-refractivity contribution in [1.82, 2.24) is 0 Å². The van der Waals surface area contributed by atoms with E-state index in [9.17, 15) is 8.78 Å². The van der Waals surface area contributed by atoms with Gasteiger partial charge in [0.25, 0.3) is 5.92 Å². The molecule has 0 bridgehead atoms. The van der Waals surface area contributed by atoms with Gasteiger partial charge in [0.1, 0.15) is 6.10 Å². The smallest absolute Gasteiger partial charge is 0.274 e. The van der Waals surface area contributed by atoms with Gasteiger partial charge in [-0.3, -0.25) is 0 Å². The fraction of sp³-hybridized carbons (Fsp3) is 0.727. The molecule has 3 heteroatoms. The number of aryl methyl sites for hydroxylation is 1. The van der Waals surface area contributed by atoms with Gasteiger partial charge in [0, 0.05) is 13.0 Å². The molecule has 0 spiro atoms. The minimum absolute atomic E-state index is 0.0260. The minimum atomic E-state index is -2.65. The zero-order valence-corrected chi connectivity index (χ0v) is 15.6. The fourth-order valence-electron chi connectivity index (χ4n) is 4.92. The number of hydrogen-bond acceptors (Lipinski definition) is 1. The molecule has 2 aliphatic carbocycles. The molecule has 140 valence electrons. The lowest BCUT2D eigenvalue weighted by molar-refractivity contribution is -0.172. The van der Waals surface area contributed by atoms with E-state index < -0.39 is 12.0 Å². The quantitative estimate of drug-likeness (QED) is 0.600. The van der Waals surface area contributed by atoms with Crippen LogP contribution in [0.15, 0.2) is 24.3 Å². The molecular formula is C22H32F2O. The number of rotatable bonds is 5. The molecule has 0 heterocycles. The first-order chi connectivity index (χ1) is 12.0. The molecule has 2 unspecified atom stereocenters. The van der Waals surface area contributed by atoms with Crippen LogP contribution >= 0.6 is 0 Å². The third-order valence-corrected chi connectivity index (χ3v) is 6.47. The molecule has 1 aromatic rings. The van der Waals surface area contributed by atoms with Gasteiger partial charge in [-0.2, -0.15) is 0 Å². The minimum Gasteiger partial charge on any atom is -0.372 e. The molecule has 0 aromatic heterocycles. The van der Waals surface area contributed by atoms with Gasteiger partial charge < -0.3 is 4.74 Å². The highest BCUT2D eigenvalue weighted by Gasteiger charge is 2.47. The van der Waals surface area contributed by atoms with Gasteiger partial charge in [-0.25, -0.2) is 8.78 Å². The van der Waals surface area contributed by atoms with Crippen LogP contribution in [0, 0.1) is 11.8 Å². The van der Waals surface area contributed by atoms with Crippen LogP contribution in [0.3, 0.4) is 0 Å². The summed E-state index contributed by atoms with van der Waals surface area (Å²) >= 11 is 0. The van der Waals surface area contributed by atoms with Crippen molar-refractivity contribution in [3.8, 4) is 0 Å². The van der Waals surface area contributed by atoms with Gasteiger partial charge >= 0.3 is 0 Å². The van der Waals surface area contributed by atoms with Crippen LogP contribution in [0.4, 0.5) is 8.78 Å². The van der Waals surface area contributed by atoms with Gasteiger partial charge in [0.15, 0.2) is 0 Å². The van der Waals surface area contributed by atoms with Crippen LogP contribution in [0.25, 0.3) is 0 Å². The molecule has 2 fully saturated rings. The maximum Gasteiger partial charge on any atom is 0.274 e. The monoisotopic (exact) mass is 350 g/mol. The normalized spacial score (nSPS) is 32.5. The second-order valence-corrected chi connectivity index (χ2v) is 7.95. The zero-order chi connectivity index (χ0) is 17.9. The predicted octanol–water partition coefficient (Wildman–Crippen LogP) is 6.36. The lowest BCUT2D eigenvalue weighted by Crippen LogP contribution is -2.43. The van der Waals surface area contributed by atoms with Gasteiger partial charge in [0.05, 0.1) is 0 Å². The molecule has 3 rings (SSSR count). The lowest BCUT2D eigenvalue weighted by Gasteiger charge is -2.41. The van der Waals surface area contributed by atoms with Crippen LogP contribution in [0.1, 0.15) is 75.8 Å². The second-order valence-electron chi connectivity index (χ2n) is 7.95. The summed E-state index contributed by atoms with van der Waals surface area (Å²) in [5, 5.41) is 0. The Morgan fingerprint density at radius 3 is 2.12 bits per heavy atom. The first-order valence-corrected chi connectivity index (χ1v) is 10.1. The Balaban J connectivity index is 1.53. The van der Waals surface area contributed by atoms with Crippen molar-refractivity contribution in [1.29, 1.82) is 0 Å². The van der Waals surface area contributed by atoms with Gasteiger partial charge in [0.2, 0.25) is 0 Å². The fourth-order valence-corrected chi connectivity index (χ4v) is 4.92. The van der Waals surface area contributed by atoms with Crippen LogP contribution in [0.2, 0.25) is 0 Å². The van der Waals surface area contributed by atoms with Crippen molar-refractivity contribution in [2.75, 3.05) is 6.61 Å². The maximum absolute atomic E-state index is 14.3. The van der Waals surface area contributed by atoms with Crippen LogP contribution < -0.4 is 0 Å². The molecule has 25 heavy (non-hydrogen) atoms. The van der Waals surface area contributed by atoms with E-state index in [0.717, 1.165) is 38.5 Å². The maximum atomic E-state index is 14.3. The number of alkyl halides is 2. The third-order valence-electron chi connectivity index (χ3n) is 6.47. The largest absolute Gasteiger partial charge is 0.372 e. The van der Waals surface area contributed by atoms with Gasteiger partial charge in [-0.1, -0.05) is 31.2 Å². The first-order valence-electron chi connectivity index (χ1n) is 10.1. The molecule has 0 radical (unpaired) electrons. The molecule has 2 saturated carbocycles. The molecule has 2 atom stereocenters. The van der Waals surface area contributed by atoms with E-state index in [1.54, 1.807) is 6.92 Å². The summed E-state index contributed by atoms with van der Waals surface area (Å²) in [7, 11) is 0. The van der Waals surface area contributed by atoms with Crippen LogP contribution in [0.5, 0.6) is 0 Å². The first kappa shape index (κ1) is 18.8. The molecule has 0 N–H and O–H groups in total. The van der Waals surface area contributed by atoms with Crippen molar-refractivity contribution in [2.24, 2.45) is 11.8 Å². The molecular weight excluding hydrogens is 318 g/mol. The van der Waals surface area contributed by atoms with E-state index in [2.05, 4.69) is 31.2 Å². The molecule has 1 nitrogen and oxygen atoms in total. The van der Waals surface area contributed by atoms with Crippen molar-refractivity contribution in [3.05, 3.63) is 35.4 Å². The Morgan fingerprint density at radius 1 is 0.920 bits per heavy atom. The molecule has 0 saturated heterocycles. The Labute approximate surface area is 151 Å². The standard InChI is InChI=1S/C22H32F2O/c1-3-16-5-7-17(8-6-16)18-9-11-19(12-10-18)20-13-14-21(25-4-2)22(23,24)15-20/h5-8,18-21H,3-4,9-15H2,1-2H3. The summed E-state index contributed by atoms with van der Waals surface area (Å²) in [4.78, 5) is 0. The molecule has 0 amide bonds. The number of ether oxygens (including phenoxy) is 1. The molecule has 1 aromatic carbocycles. The van der Waals surface area contributed by atoms with Crippen LogP contribution in [-0.2, 0) is 11.2 Å². The van der Waals surface area contributed by atoms with E-state index in [0.29, 0.717) is 24.9 Å². The number of halogens is 2. The highest BCUT2D eigenvalue weighted by molar-refractivity contribution is 5.25. The molecule has 0 aliphatic heterocycles. The van der Waals surface area contributed by atoms with Crippen molar-refractivity contribution < 1.29 is 13.5 Å². The summed E-state index contributed by atoms with van der Waals surface area (Å²) in [6.07, 6.45) is 6.15. The van der Waals surface area contributed by atoms with Gasteiger partial charge in [-0.05, 0) is 80.8 Å². The highest BCUT2D eigenvalue weighted by Crippen LogP contribution is 2.47. The van der Waals surface area contributed by atoms with Gasteiger partial charge in [-0.15, -0.1) is 0 Å². The topological polar surface area (TPSA) is 9.23 Å². The van der Waals surface area contributed by atoms with E-state index in [-0.39, 0.29) is 12.3 Å². The van der Waals surface area contributed by atoms with E-state index in [1.807, 2.05) is 0 Å². The highest BCUT2D eigenvalue weighted by atomic mass is 19.3. The van der Waals surface area contributed by atoms with Crippen molar-refractivity contribution in [2.45, 2.75) is 83.2 Å². The summed E-state index contributed by atoms with van der Waals surface area (Å²) < 4.78 is 34.0. The Morgan fingerprint density at radius 2 is 1.56 bits per heavy atom. The average Bonchev–Trinajstić information content (AvgIpc) is 2.63. The number of hydrogen-bond donors (Lipinski definition) is 0. The average molecular weight is 350 g/mol. The van der Waals surface area contributed by atoms with E-state index >= 15 is 0 Å². The Hall–Kier alpha value is -0.960. The summed E-state index contributed by atoms with van der Waals surface area (Å²) in [6.45, 7) is 4.36. The predicted molar refractivity (Wildman–Crippen MR) is 98.2 cm³/mol. The number of benzene rings is 1. The van der Waals surface area contributed by atoms with E-state index in [1.165, 1.54) is 11.1 Å². The van der Waals surface area contributed by atoms with Crippen molar-refractivity contribution in [3.63, 3.8) is 0 Å². The van der Waals surface area contributed by atoms with E-state index in [4.69, 9.17) is 4.74 Å². The summed E-state index contributed by atoms with van der Waals surface area (Å²) in [6, 6.07) is 9.00. The van der Waals surface area contributed by atoms with Crippen LogP contribution in [-0.4, -0.2) is 18.6 Å². The van der Waals surface area contributed by atoms with Crippen molar-refractivity contribution >= 4 is 0 Å². The Bertz CT molecular complexity index is 531. The third kappa shape index (κ3) is 4.42. The lowest BCUT2D eigenvalue weighted by atomic mass is 9.68.